The normalized spacial score (nSPS) is 17.7. The molecule has 2 amide bonds. The summed E-state index contributed by atoms with van der Waals surface area (Å²) >= 11 is 0. The molecule has 0 aliphatic heterocycles. The number of nitrogens with zero attached hydrogens (tertiary/aromatic N) is 3. The van der Waals surface area contributed by atoms with Crippen LogP contribution in [0.1, 0.15) is 47.6 Å². The Hall–Kier alpha value is -3.53. The van der Waals surface area contributed by atoms with Crippen LogP contribution in [0.5, 0.6) is 0 Å². The SMILES string of the molecule is CC[C@@H](O)c1cc(C)c(-c2cc3cnc(NC(=O)[C@H]4CC4(F)F)cc3nc2C(N)=O)cn1. The first-order valence-electron chi connectivity index (χ1n) is 10.0. The molecule has 1 saturated carbocycles. The lowest BCUT2D eigenvalue weighted by Gasteiger charge is -2.14. The maximum atomic E-state index is 13.1. The van der Waals surface area contributed by atoms with Gasteiger partial charge in [-0.25, -0.2) is 18.7 Å². The number of rotatable bonds is 6. The summed E-state index contributed by atoms with van der Waals surface area (Å²) in [5.41, 5.74) is 8.23. The number of hydrogen-bond donors (Lipinski definition) is 3. The van der Waals surface area contributed by atoms with E-state index in [1.807, 2.05) is 13.8 Å². The topological polar surface area (TPSA) is 131 Å². The highest BCUT2D eigenvalue weighted by atomic mass is 19.3. The van der Waals surface area contributed by atoms with Crippen LogP contribution in [0.25, 0.3) is 22.0 Å². The van der Waals surface area contributed by atoms with E-state index in [-0.39, 0.29) is 11.5 Å². The average Bonchev–Trinajstić information content (AvgIpc) is 3.40. The van der Waals surface area contributed by atoms with Crippen molar-refractivity contribution >= 4 is 28.5 Å². The van der Waals surface area contributed by atoms with E-state index in [1.54, 1.807) is 18.3 Å². The van der Waals surface area contributed by atoms with Gasteiger partial charge in [0.25, 0.3) is 11.8 Å². The number of pyridine rings is 3. The number of aromatic nitrogens is 3. The molecule has 4 N–H and O–H groups in total. The Bertz CT molecular complexity index is 1250. The second-order valence-electron chi connectivity index (χ2n) is 7.87. The van der Waals surface area contributed by atoms with Crippen LogP contribution in [0.3, 0.4) is 0 Å². The Kier molecular flexibility index (Phi) is 5.33. The van der Waals surface area contributed by atoms with Gasteiger partial charge in [-0.2, -0.15) is 0 Å². The number of nitrogens with one attached hydrogen (secondary N) is 1. The molecule has 32 heavy (non-hydrogen) atoms. The molecule has 4 rings (SSSR count). The number of nitrogens with two attached hydrogens (primary N) is 1. The Morgan fingerprint density at radius 1 is 1.25 bits per heavy atom. The highest BCUT2D eigenvalue weighted by Crippen LogP contribution is 2.49. The molecule has 0 saturated heterocycles. The van der Waals surface area contributed by atoms with E-state index < -0.39 is 36.2 Å². The van der Waals surface area contributed by atoms with Crippen LogP contribution in [-0.4, -0.2) is 37.8 Å². The van der Waals surface area contributed by atoms with E-state index in [0.717, 1.165) is 5.56 Å². The van der Waals surface area contributed by atoms with E-state index in [0.29, 0.717) is 34.1 Å². The van der Waals surface area contributed by atoms with Crippen LogP contribution in [0, 0.1) is 12.8 Å². The van der Waals surface area contributed by atoms with Gasteiger partial charge in [-0.05, 0) is 31.0 Å². The van der Waals surface area contributed by atoms with Gasteiger partial charge in [0.15, 0.2) is 0 Å². The van der Waals surface area contributed by atoms with E-state index >= 15 is 0 Å². The average molecular weight is 441 g/mol. The third-order valence-corrected chi connectivity index (χ3v) is 5.48. The molecule has 1 aliphatic rings. The zero-order chi connectivity index (χ0) is 23.2. The minimum atomic E-state index is -2.98. The predicted octanol–water partition coefficient (Wildman–Crippen LogP) is 3.14. The number of primary amides is 1. The summed E-state index contributed by atoms with van der Waals surface area (Å²) in [4.78, 5) is 36.8. The van der Waals surface area contributed by atoms with Gasteiger partial charge in [0.1, 0.15) is 17.4 Å². The Labute approximate surface area is 181 Å². The van der Waals surface area contributed by atoms with Crippen LogP contribution < -0.4 is 11.1 Å². The summed E-state index contributed by atoms with van der Waals surface area (Å²) < 4.78 is 26.2. The molecule has 1 aliphatic carbocycles. The standard InChI is InChI=1S/C22H21F2N5O3/c1-3-17(30)16-4-10(2)13(9-26-16)12-5-11-8-27-18(6-15(11)28-19(12)20(25)31)29-21(32)14-7-22(14,23)24/h4-6,8-9,14,17,30H,3,7H2,1-2H3,(H2,25,31)(H,27,29,32)/t14-,17-/m1/s1. The van der Waals surface area contributed by atoms with Gasteiger partial charge in [0, 0.05) is 41.4 Å². The van der Waals surface area contributed by atoms with Gasteiger partial charge in [0.05, 0.1) is 17.3 Å². The molecule has 0 spiro atoms. The first-order chi connectivity index (χ1) is 15.1. The number of alkyl halides is 2. The van der Waals surface area contributed by atoms with Crippen molar-refractivity contribution in [2.75, 3.05) is 5.32 Å². The fraction of sp³-hybridized carbons (Fsp3) is 0.318. The maximum absolute atomic E-state index is 13.1. The number of aryl methyl sites for hydroxylation is 1. The van der Waals surface area contributed by atoms with Gasteiger partial charge in [0.2, 0.25) is 5.91 Å². The zero-order valence-electron chi connectivity index (χ0n) is 17.4. The van der Waals surface area contributed by atoms with E-state index in [1.165, 1.54) is 12.3 Å². The number of carbonyl (C=O) groups is 2. The number of anilines is 1. The molecule has 0 radical (unpaired) electrons. The fourth-order valence-corrected chi connectivity index (χ4v) is 3.49. The number of halogens is 2. The lowest BCUT2D eigenvalue weighted by Crippen LogP contribution is -2.18. The Balaban J connectivity index is 1.72. The highest BCUT2D eigenvalue weighted by Gasteiger charge is 2.61. The van der Waals surface area contributed by atoms with E-state index in [4.69, 9.17) is 5.73 Å². The summed E-state index contributed by atoms with van der Waals surface area (Å²) in [6.45, 7) is 3.66. The molecule has 3 aromatic heterocycles. The fourth-order valence-electron chi connectivity index (χ4n) is 3.49. The number of carbonyl (C=O) groups excluding carboxylic acids is 2. The first-order valence-corrected chi connectivity index (χ1v) is 10.0. The van der Waals surface area contributed by atoms with Gasteiger partial charge < -0.3 is 16.2 Å². The molecule has 3 heterocycles. The summed E-state index contributed by atoms with van der Waals surface area (Å²) in [5, 5.41) is 12.9. The summed E-state index contributed by atoms with van der Waals surface area (Å²) in [6, 6.07) is 4.81. The quantitative estimate of drug-likeness (QED) is 0.539. The van der Waals surface area contributed by atoms with Gasteiger partial charge >= 0.3 is 0 Å². The smallest absolute Gasteiger partial charge is 0.267 e. The molecule has 3 aromatic rings. The van der Waals surface area contributed by atoms with Crippen molar-refractivity contribution in [2.45, 2.75) is 38.7 Å². The van der Waals surface area contributed by atoms with Crippen molar-refractivity contribution in [3.05, 3.63) is 47.5 Å². The second kappa shape index (κ2) is 7.86. The molecule has 0 unspecified atom stereocenters. The highest BCUT2D eigenvalue weighted by molar-refractivity contribution is 6.02. The van der Waals surface area contributed by atoms with Gasteiger partial charge in [-0.1, -0.05) is 6.92 Å². The molecule has 8 nitrogen and oxygen atoms in total. The Morgan fingerprint density at radius 2 is 1.97 bits per heavy atom. The van der Waals surface area contributed by atoms with Crippen molar-refractivity contribution in [3.8, 4) is 11.1 Å². The molecular formula is C22H21F2N5O3. The van der Waals surface area contributed by atoms with Crippen LogP contribution in [-0.2, 0) is 4.79 Å². The zero-order valence-corrected chi connectivity index (χ0v) is 17.4. The van der Waals surface area contributed by atoms with E-state index in [2.05, 4.69) is 20.3 Å². The molecule has 166 valence electrons. The third kappa shape index (κ3) is 4.01. The number of aliphatic hydroxyl groups excluding tert-OH is 1. The molecular weight excluding hydrogens is 420 g/mol. The van der Waals surface area contributed by atoms with Crippen molar-refractivity contribution in [3.63, 3.8) is 0 Å². The summed E-state index contributed by atoms with van der Waals surface area (Å²) in [5.74, 6) is -5.87. The van der Waals surface area contributed by atoms with Crippen LogP contribution in [0.2, 0.25) is 0 Å². The van der Waals surface area contributed by atoms with Crippen LogP contribution in [0.4, 0.5) is 14.6 Å². The predicted molar refractivity (Wildman–Crippen MR) is 113 cm³/mol. The minimum Gasteiger partial charge on any atom is -0.387 e. The number of fused-ring (bicyclic) bond motifs is 1. The minimum absolute atomic E-state index is 0.0107. The molecule has 0 bridgehead atoms. The second-order valence-corrected chi connectivity index (χ2v) is 7.87. The summed E-state index contributed by atoms with van der Waals surface area (Å²) in [7, 11) is 0. The summed E-state index contributed by atoms with van der Waals surface area (Å²) in [6.07, 6.45) is 2.31. The molecule has 0 aromatic carbocycles. The molecule has 1 fully saturated rings. The number of hydrogen-bond acceptors (Lipinski definition) is 6. The number of aliphatic hydroxyl groups is 1. The van der Waals surface area contributed by atoms with Crippen molar-refractivity contribution in [2.24, 2.45) is 11.7 Å². The third-order valence-electron chi connectivity index (χ3n) is 5.48. The number of amides is 2. The van der Waals surface area contributed by atoms with Gasteiger partial charge in [-0.15, -0.1) is 0 Å². The Morgan fingerprint density at radius 3 is 2.56 bits per heavy atom. The van der Waals surface area contributed by atoms with Gasteiger partial charge in [-0.3, -0.25) is 14.6 Å². The first kappa shape index (κ1) is 21.7. The van der Waals surface area contributed by atoms with Crippen molar-refractivity contribution in [1.29, 1.82) is 0 Å². The lowest BCUT2D eigenvalue weighted by atomic mass is 9.98. The van der Waals surface area contributed by atoms with Crippen molar-refractivity contribution in [1.82, 2.24) is 15.0 Å². The lowest BCUT2D eigenvalue weighted by molar-refractivity contribution is -0.119. The largest absolute Gasteiger partial charge is 0.387 e. The van der Waals surface area contributed by atoms with Crippen molar-refractivity contribution < 1.29 is 23.5 Å². The molecule has 2 atom stereocenters. The molecule has 10 heteroatoms. The van der Waals surface area contributed by atoms with Crippen LogP contribution in [0.15, 0.2) is 30.6 Å². The van der Waals surface area contributed by atoms with Crippen LogP contribution >= 0.6 is 0 Å². The monoisotopic (exact) mass is 441 g/mol. The maximum Gasteiger partial charge on any atom is 0.267 e. The van der Waals surface area contributed by atoms with E-state index in [9.17, 15) is 23.5 Å².